The van der Waals surface area contributed by atoms with Crippen LogP contribution in [-0.2, 0) is 14.3 Å². The molecule has 1 atom stereocenters. The molecule has 0 unspecified atom stereocenters. The number of carbonyl (C=O) groups excluding carboxylic acids is 2. The Kier molecular flexibility index (Phi) is 11.1. The fourth-order valence-corrected chi connectivity index (χ4v) is 2.17. The summed E-state index contributed by atoms with van der Waals surface area (Å²) in [5.41, 5.74) is 10.8. The molecular weight excluding hydrogens is 280 g/mol. The van der Waals surface area contributed by atoms with Crippen molar-refractivity contribution < 1.29 is 14.3 Å². The molecule has 0 aliphatic carbocycles. The zero-order valence-electron chi connectivity index (χ0n) is 14.5. The van der Waals surface area contributed by atoms with Crippen molar-refractivity contribution >= 4 is 11.8 Å². The molecule has 0 radical (unpaired) electrons. The number of unbranched alkanes of at least 4 members (excludes halogenated alkanes) is 4. The molecule has 0 aliphatic heterocycles. The van der Waals surface area contributed by atoms with Crippen LogP contribution < -0.4 is 11.5 Å². The lowest BCUT2D eigenvalue weighted by Gasteiger charge is -2.19. The number of Topliss-reactive ketones (excluding diaryl/α,β-unsaturated/α-hetero) is 1. The second-order valence-electron chi connectivity index (χ2n) is 6.86. The van der Waals surface area contributed by atoms with Gasteiger partial charge in [0, 0.05) is 12.8 Å². The van der Waals surface area contributed by atoms with Gasteiger partial charge in [0.05, 0.1) is 6.04 Å². The lowest BCUT2D eigenvalue weighted by Crippen LogP contribution is -2.30. The van der Waals surface area contributed by atoms with Gasteiger partial charge in [0.25, 0.3) is 0 Å². The second-order valence-corrected chi connectivity index (χ2v) is 6.86. The molecule has 0 aliphatic rings. The summed E-state index contributed by atoms with van der Waals surface area (Å²) in [6.45, 7) is 6.26. The summed E-state index contributed by atoms with van der Waals surface area (Å²) >= 11 is 0. The van der Waals surface area contributed by atoms with E-state index in [-0.39, 0.29) is 17.8 Å². The van der Waals surface area contributed by atoms with Crippen molar-refractivity contribution in [1.82, 2.24) is 0 Å². The van der Waals surface area contributed by atoms with Crippen LogP contribution in [0.4, 0.5) is 0 Å². The van der Waals surface area contributed by atoms with Crippen molar-refractivity contribution in [3.05, 3.63) is 0 Å². The first-order valence-corrected chi connectivity index (χ1v) is 8.46. The summed E-state index contributed by atoms with van der Waals surface area (Å²) in [4.78, 5) is 23.3. The van der Waals surface area contributed by atoms with Crippen molar-refractivity contribution in [2.24, 2.45) is 11.5 Å². The van der Waals surface area contributed by atoms with Crippen LogP contribution in [0.25, 0.3) is 0 Å². The van der Waals surface area contributed by atoms with Crippen LogP contribution in [0.1, 0.15) is 78.6 Å². The predicted molar refractivity (Wildman–Crippen MR) is 89.4 cm³/mol. The van der Waals surface area contributed by atoms with E-state index in [0.717, 1.165) is 44.9 Å². The average Bonchev–Trinajstić information content (AvgIpc) is 2.40. The first-order chi connectivity index (χ1) is 10.3. The minimum Gasteiger partial charge on any atom is -0.460 e. The quantitative estimate of drug-likeness (QED) is 0.426. The summed E-state index contributed by atoms with van der Waals surface area (Å²) in [5.74, 6) is -0.00494. The number of hydrogen-bond acceptors (Lipinski definition) is 5. The summed E-state index contributed by atoms with van der Waals surface area (Å²) < 4.78 is 5.24. The van der Waals surface area contributed by atoms with E-state index in [1.807, 2.05) is 20.8 Å². The maximum Gasteiger partial charge on any atom is 0.306 e. The number of ether oxygens (including phenoxy) is 1. The molecule has 0 saturated carbocycles. The maximum absolute atomic E-state index is 11.8. The first-order valence-electron chi connectivity index (χ1n) is 8.46. The van der Waals surface area contributed by atoms with E-state index in [4.69, 9.17) is 16.2 Å². The Hall–Kier alpha value is -0.940. The minimum absolute atomic E-state index is 0.143. The normalized spacial score (nSPS) is 13.0. The number of nitrogens with two attached hydrogens (primary N) is 2. The number of rotatable bonds is 12. The maximum atomic E-state index is 11.8. The highest BCUT2D eigenvalue weighted by Gasteiger charge is 2.15. The molecule has 0 saturated heterocycles. The third-order valence-electron chi connectivity index (χ3n) is 3.36. The molecule has 130 valence electrons. The van der Waals surface area contributed by atoms with E-state index >= 15 is 0 Å². The molecule has 0 heterocycles. The van der Waals surface area contributed by atoms with Crippen LogP contribution in [-0.4, -0.2) is 29.9 Å². The number of esters is 1. The molecule has 0 aromatic rings. The molecule has 22 heavy (non-hydrogen) atoms. The van der Waals surface area contributed by atoms with Gasteiger partial charge < -0.3 is 16.2 Å². The van der Waals surface area contributed by atoms with Gasteiger partial charge in [-0.15, -0.1) is 0 Å². The zero-order valence-corrected chi connectivity index (χ0v) is 14.5. The largest absolute Gasteiger partial charge is 0.460 e. The van der Waals surface area contributed by atoms with Crippen LogP contribution >= 0.6 is 0 Å². The van der Waals surface area contributed by atoms with Crippen LogP contribution in [0, 0.1) is 0 Å². The highest BCUT2D eigenvalue weighted by Crippen LogP contribution is 2.12. The van der Waals surface area contributed by atoms with Gasteiger partial charge in [-0.3, -0.25) is 9.59 Å². The fourth-order valence-electron chi connectivity index (χ4n) is 2.17. The lowest BCUT2D eigenvalue weighted by atomic mass is 10.0. The Bertz CT molecular complexity index is 324. The Morgan fingerprint density at radius 1 is 0.955 bits per heavy atom. The molecule has 0 bridgehead atoms. The SMILES string of the molecule is CC(C)(C)OC(=O)CCCCCCC(=O)[C@H](N)CCCCN. The van der Waals surface area contributed by atoms with Gasteiger partial charge in [0.15, 0.2) is 0 Å². The molecule has 0 aromatic heterocycles. The highest BCUT2D eigenvalue weighted by atomic mass is 16.6. The van der Waals surface area contributed by atoms with E-state index in [1.165, 1.54) is 0 Å². The molecular formula is C17H34N2O3. The highest BCUT2D eigenvalue weighted by molar-refractivity contribution is 5.83. The standard InChI is InChI=1S/C17H34N2O3/c1-17(2,3)22-16(21)12-7-5-4-6-11-15(20)14(19)10-8-9-13-18/h14H,4-13,18-19H2,1-3H3/t14-/m1/s1. The van der Waals surface area contributed by atoms with Gasteiger partial charge in [-0.05, 0) is 53.0 Å². The smallest absolute Gasteiger partial charge is 0.306 e. The third-order valence-corrected chi connectivity index (χ3v) is 3.36. The number of ketones is 1. The monoisotopic (exact) mass is 314 g/mol. The van der Waals surface area contributed by atoms with Crippen LogP contribution in [0.15, 0.2) is 0 Å². The summed E-state index contributed by atoms with van der Waals surface area (Å²) in [5, 5.41) is 0. The van der Waals surface area contributed by atoms with Crippen LogP contribution in [0.3, 0.4) is 0 Å². The van der Waals surface area contributed by atoms with E-state index in [9.17, 15) is 9.59 Å². The van der Waals surface area contributed by atoms with Gasteiger partial charge in [0.2, 0.25) is 0 Å². The lowest BCUT2D eigenvalue weighted by molar-refractivity contribution is -0.154. The Morgan fingerprint density at radius 2 is 1.55 bits per heavy atom. The van der Waals surface area contributed by atoms with Gasteiger partial charge in [-0.25, -0.2) is 0 Å². The van der Waals surface area contributed by atoms with Gasteiger partial charge in [-0.1, -0.05) is 19.3 Å². The predicted octanol–water partition coefficient (Wildman–Crippen LogP) is 2.69. The zero-order chi connectivity index (χ0) is 17.0. The average molecular weight is 314 g/mol. The van der Waals surface area contributed by atoms with E-state index in [1.54, 1.807) is 0 Å². The summed E-state index contributed by atoms with van der Waals surface area (Å²) in [6, 6.07) is -0.340. The molecule has 5 nitrogen and oxygen atoms in total. The van der Waals surface area contributed by atoms with Crippen molar-refractivity contribution in [3.63, 3.8) is 0 Å². The third kappa shape index (κ3) is 12.8. The molecule has 0 rings (SSSR count). The van der Waals surface area contributed by atoms with Crippen LogP contribution in [0.5, 0.6) is 0 Å². The Labute approximate surface area is 135 Å². The van der Waals surface area contributed by atoms with E-state index < -0.39 is 5.60 Å². The summed E-state index contributed by atoms with van der Waals surface area (Å²) in [6.07, 6.45) is 7.10. The van der Waals surface area contributed by atoms with Gasteiger partial charge >= 0.3 is 5.97 Å². The second kappa shape index (κ2) is 11.6. The molecule has 0 amide bonds. The number of hydrogen-bond donors (Lipinski definition) is 2. The molecule has 5 heteroatoms. The van der Waals surface area contributed by atoms with Gasteiger partial charge in [-0.2, -0.15) is 0 Å². The van der Waals surface area contributed by atoms with Gasteiger partial charge in [0.1, 0.15) is 11.4 Å². The van der Waals surface area contributed by atoms with Crippen molar-refractivity contribution in [2.45, 2.75) is 90.2 Å². The fraction of sp³-hybridized carbons (Fsp3) is 0.882. The topological polar surface area (TPSA) is 95.4 Å². The molecule has 0 spiro atoms. The van der Waals surface area contributed by atoms with Crippen LogP contribution in [0.2, 0.25) is 0 Å². The molecule has 0 aromatic carbocycles. The Morgan fingerprint density at radius 3 is 2.09 bits per heavy atom. The number of carbonyl (C=O) groups is 2. The van der Waals surface area contributed by atoms with Crippen molar-refractivity contribution in [2.75, 3.05) is 6.54 Å². The van der Waals surface area contributed by atoms with Crippen molar-refractivity contribution in [3.8, 4) is 0 Å². The van der Waals surface area contributed by atoms with E-state index in [2.05, 4.69) is 0 Å². The Balaban J connectivity index is 3.56. The van der Waals surface area contributed by atoms with E-state index in [0.29, 0.717) is 19.4 Å². The van der Waals surface area contributed by atoms with Crippen molar-refractivity contribution in [1.29, 1.82) is 0 Å². The first kappa shape index (κ1) is 21.1. The molecule has 0 fully saturated rings. The minimum atomic E-state index is -0.413. The summed E-state index contributed by atoms with van der Waals surface area (Å²) in [7, 11) is 0. The molecule has 4 N–H and O–H groups in total.